The summed E-state index contributed by atoms with van der Waals surface area (Å²) in [6.45, 7) is 3.38. The summed E-state index contributed by atoms with van der Waals surface area (Å²) in [4.78, 5) is 18.6. The van der Waals surface area contributed by atoms with E-state index in [0.29, 0.717) is 17.2 Å². The van der Waals surface area contributed by atoms with Gasteiger partial charge in [-0.2, -0.15) is 4.68 Å². The predicted octanol–water partition coefficient (Wildman–Crippen LogP) is 0.866. The minimum Gasteiger partial charge on any atom is -0.389 e. The van der Waals surface area contributed by atoms with E-state index in [0.717, 1.165) is 5.56 Å². The number of benzene rings is 1. The minimum absolute atomic E-state index is 0.193. The molecule has 0 aliphatic heterocycles. The number of nitrogens with one attached hydrogen (secondary N) is 1. The van der Waals surface area contributed by atoms with Gasteiger partial charge in [0.25, 0.3) is 5.56 Å². The molecule has 102 valence electrons. The Morgan fingerprint density at radius 1 is 1.40 bits per heavy atom. The molecule has 0 bridgehead atoms. The van der Waals surface area contributed by atoms with Crippen LogP contribution in [-0.2, 0) is 0 Å². The van der Waals surface area contributed by atoms with Crippen LogP contribution in [0.3, 0.4) is 0 Å². The summed E-state index contributed by atoms with van der Waals surface area (Å²) in [7, 11) is 0. The van der Waals surface area contributed by atoms with Crippen LogP contribution in [0.15, 0.2) is 29.1 Å². The van der Waals surface area contributed by atoms with Crippen molar-refractivity contribution in [1.82, 2.24) is 25.0 Å². The maximum atomic E-state index is 11.8. The normalized spacial score (nSPS) is 12.8. The third-order valence-electron chi connectivity index (χ3n) is 3.03. The van der Waals surface area contributed by atoms with Crippen LogP contribution in [0.5, 0.6) is 0 Å². The molecule has 2 N–H and O–H groups in total. The lowest BCUT2D eigenvalue weighted by Gasteiger charge is -2.07. The Bertz CT molecular complexity index is 834. The van der Waals surface area contributed by atoms with E-state index in [2.05, 4.69) is 20.3 Å². The Kier molecular flexibility index (Phi) is 2.83. The van der Waals surface area contributed by atoms with E-state index in [1.165, 1.54) is 4.68 Å². The molecule has 0 saturated carbocycles. The molecule has 0 fully saturated rings. The van der Waals surface area contributed by atoms with Gasteiger partial charge in [0.15, 0.2) is 11.2 Å². The van der Waals surface area contributed by atoms with Gasteiger partial charge in [-0.15, -0.1) is 5.10 Å². The van der Waals surface area contributed by atoms with E-state index >= 15 is 0 Å². The first-order valence-electron chi connectivity index (χ1n) is 6.17. The number of rotatable bonds is 2. The minimum atomic E-state index is -0.581. The first kappa shape index (κ1) is 12.5. The van der Waals surface area contributed by atoms with Crippen LogP contribution in [-0.4, -0.2) is 30.1 Å². The molecule has 2 heterocycles. The third kappa shape index (κ3) is 1.97. The molecule has 0 spiro atoms. The average Bonchev–Trinajstić information content (AvgIpc) is 2.82. The van der Waals surface area contributed by atoms with Gasteiger partial charge in [-0.3, -0.25) is 4.79 Å². The zero-order valence-corrected chi connectivity index (χ0v) is 11.0. The lowest BCUT2D eigenvalue weighted by atomic mass is 10.1. The van der Waals surface area contributed by atoms with Crippen molar-refractivity contribution in [2.75, 3.05) is 0 Å². The van der Waals surface area contributed by atoms with Gasteiger partial charge < -0.3 is 10.1 Å². The SMILES string of the molecule is Cc1nc2c(nnn2-c2cccc([C@@H](C)O)c2)c(=O)[nH]1. The molecule has 0 aliphatic carbocycles. The molecule has 0 unspecified atom stereocenters. The summed E-state index contributed by atoms with van der Waals surface area (Å²) in [6.07, 6.45) is -0.581. The van der Waals surface area contributed by atoms with Crippen molar-refractivity contribution in [3.8, 4) is 5.69 Å². The van der Waals surface area contributed by atoms with Gasteiger partial charge in [-0.1, -0.05) is 17.3 Å². The lowest BCUT2D eigenvalue weighted by Crippen LogP contribution is -2.10. The number of aromatic nitrogens is 5. The van der Waals surface area contributed by atoms with Crippen molar-refractivity contribution >= 4 is 11.2 Å². The van der Waals surface area contributed by atoms with Gasteiger partial charge in [0.1, 0.15) is 5.82 Å². The van der Waals surface area contributed by atoms with Gasteiger partial charge >= 0.3 is 0 Å². The first-order valence-corrected chi connectivity index (χ1v) is 6.17. The molecule has 1 aromatic carbocycles. The van der Waals surface area contributed by atoms with E-state index in [1.54, 1.807) is 19.9 Å². The fraction of sp³-hybridized carbons (Fsp3) is 0.231. The molecule has 3 rings (SSSR count). The van der Waals surface area contributed by atoms with E-state index in [-0.39, 0.29) is 11.1 Å². The highest BCUT2D eigenvalue weighted by Crippen LogP contribution is 2.18. The van der Waals surface area contributed by atoms with Crippen molar-refractivity contribution in [3.63, 3.8) is 0 Å². The number of aliphatic hydroxyl groups excluding tert-OH is 1. The van der Waals surface area contributed by atoms with Gasteiger partial charge in [0.2, 0.25) is 0 Å². The van der Waals surface area contributed by atoms with E-state index in [1.807, 2.05) is 18.2 Å². The largest absolute Gasteiger partial charge is 0.389 e. The summed E-state index contributed by atoms with van der Waals surface area (Å²) < 4.78 is 1.49. The highest BCUT2D eigenvalue weighted by atomic mass is 16.3. The molecule has 0 amide bonds. The van der Waals surface area contributed by atoms with Crippen LogP contribution in [0.4, 0.5) is 0 Å². The van der Waals surface area contributed by atoms with Crippen molar-refractivity contribution in [1.29, 1.82) is 0 Å². The molecule has 0 radical (unpaired) electrons. The average molecular weight is 271 g/mol. The van der Waals surface area contributed by atoms with Gasteiger partial charge in [0.05, 0.1) is 11.8 Å². The molecule has 0 aliphatic rings. The maximum Gasteiger partial charge on any atom is 0.281 e. The van der Waals surface area contributed by atoms with Crippen molar-refractivity contribution in [3.05, 3.63) is 46.0 Å². The van der Waals surface area contributed by atoms with E-state index in [4.69, 9.17) is 0 Å². The van der Waals surface area contributed by atoms with E-state index in [9.17, 15) is 9.90 Å². The summed E-state index contributed by atoms with van der Waals surface area (Å²) in [6, 6.07) is 7.24. The number of H-pyrrole nitrogens is 1. The second kappa shape index (κ2) is 4.53. The van der Waals surface area contributed by atoms with Crippen molar-refractivity contribution in [2.24, 2.45) is 0 Å². The number of aliphatic hydroxyl groups is 1. The van der Waals surface area contributed by atoms with Crippen molar-refractivity contribution in [2.45, 2.75) is 20.0 Å². The zero-order chi connectivity index (χ0) is 14.3. The monoisotopic (exact) mass is 271 g/mol. The smallest absolute Gasteiger partial charge is 0.281 e. The first-order chi connectivity index (χ1) is 9.56. The fourth-order valence-corrected chi connectivity index (χ4v) is 2.02. The molecule has 1 atom stereocenters. The Morgan fingerprint density at radius 2 is 2.20 bits per heavy atom. The van der Waals surface area contributed by atoms with Crippen LogP contribution < -0.4 is 5.56 Å². The standard InChI is InChI=1S/C13H13N5O2/c1-7(19)9-4-3-5-10(6-9)18-12-11(16-17-18)13(20)15-8(2)14-12/h3-7,19H,1-2H3,(H,14,15,20)/t7-/m1/s1. The van der Waals surface area contributed by atoms with Crippen LogP contribution in [0.25, 0.3) is 16.9 Å². The molecular weight excluding hydrogens is 258 g/mol. The summed E-state index contributed by atoms with van der Waals surface area (Å²) in [5.41, 5.74) is 1.73. The van der Waals surface area contributed by atoms with Gasteiger partial charge in [-0.05, 0) is 31.5 Å². The molecule has 2 aromatic heterocycles. The number of hydrogen-bond donors (Lipinski definition) is 2. The molecule has 7 heteroatoms. The van der Waals surface area contributed by atoms with Crippen molar-refractivity contribution < 1.29 is 5.11 Å². The Morgan fingerprint density at radius 3 is 2.95 bits per heavy atom. The molecule has 3 aromatic rings. The van der Waals surface area contributed by atoms with Crippen LogP contribution in [0.2, 0.25) is 0 Å². The van der Waals surface area contributed by atoms with Gasteiger partial charge in [0, 0.05) is 0 Å². The zero-order valence-electron chi connectivity index (χ0n) is 11.0. The van der Waals surface area contributed by atoms with Crippen LogP contribution in [0, 0.1) is 6.92 Å². The third-order valence-corrected chi connectivity index (χ3v) is 3.03. The number of hydrogen-bond acceptors (Lipinski definition) is 5. The molecule has 7 nitrogen and oxygen atoms in total. The second-order valence-corrected chi connectivity index (χ2v) is 4.60. The maximum absolute atomic E-state index is 11.8. The molecule has 20 heavy (non-hydrogen) atoms. The fourth-order valence-electron chi connectivity index (χ4n) is 2.02. The second-order valence-electron chi connectivity index (χ2n) is 4.60. The number of fused-ring (bicyclic) bond motifs is 1. The topological polar surface area (TPSA) is 96.7 Å². The van der Waals surface area contributed by atoms with E-state index < -0.39 is 6.10 Å². The molecule has 0 saturated heterocycles. The number of nitrogens with zero attached hydrogens (tertiary/aromatic N) is 4. The summed E-state index contributed by atoms with van der Waals surface area (Å²) in [5, 5.41) is 17.5. The highest BCUT2D eigenvalue weighted by Gasteiger charge is 2.12. The Labute approximate surface area is 113 Å². The highest BCUT2D eigenvalue weighted by molar-refractivity contribution is 5.70. The number of aryl methyl sites for hydroxylation is 1. The number of aromatic amines is 1. The Balaban J connectivity index is 2.25. The van der Waals surface area contributed by atoms with Gasteiger partial charge in [-0.25, -0.2) is 4.98 Å². The lowest BCUT2D eigenvalue weighted by molar-refractivity contribution is 0.199. The Hall–Kier alpha value is -2.54. The van der Waals surface area contributed by atoms with Crippen LogP contribution >= 0.6 is 0 Å². The quantitative estimate of drug-likeness (QED) is 0.720. The molecular formula is C13H13N5O2. The predicted molar refractivity (Wildman–Crippen MR) is 72.7 cm³/mol. The van der Waals surface area contributed by atoms with Crippen LogP contribution in [0.1, 0.15) is 24.4 Å². The summed E-state index contributed by atoms with van der Waals surface area (Å²) >= 11 is 0. The summed E-state index contributed by atoms with van der Waals surface area (Å²) in [5.74, 6) is 0.498.